The van der Waals surface area contributed by atoms with Crippen molar-refractivity contribution >= 4 is 21.7 Å². The summed E-state index contributed by atoms with van der Waals surface area (Å²) in [4.78, 5) is 22.8. The van der Waals surface area contributed by atoms with Crippen molar-refractivity contribution in [2.24, 2.45) is 0 Å². The Morgan fingerprint density at radius 3 is 2.50 bits per heavy atom. The number of nitrogens with one attached hydrogen (secondary N) is 1. The van der Waals surface area contributed by atoms with E-state index in [9.17, 15) is 18.0 Å². The second-order valence-corrected chi connectivity index (χ2v) is 7.63. The second kappa shape index (κ2) is 9.87. The first-order valence-corrected chi connectivity index (χ1v) is 9.54. The summed E-state index contributed by atoms with van der Waals surface area (Å²) >= 11 is 0. The lowest BCUT2D eigenvalue weighted by Gasteiger charge is -2.12. The molecule has 0 aromatic heterocycles. The molecule has 1 amide bonds. The largest absolute Gasteiger partial charge is 0.480 e. The van der Waals surface area contributed by atoms with E-state index in [1.165, 1.54) is 0 Å². The number of carboxylic acids is 1. The molecule has 24 heavy (non-hydrogen) atoms. The third-order valence-corrected chi connectivity index (χ3v) is 4.97. The zero-order valence-electron chi connectivity index (χ0n) is 13.6. The highest BCUT2D eigenvalue weighted by molar-refractivity contribution is 7.92. The van der Waals surface area contributed by atoms with Gasteiger partial charge in [0.25, 0.3) is 0 Å². The molecule has 0 radical (unpaired) electrons. The summed E-state index contributed by atoms with van der Waals surface area (Å²) in [6.45, 7) is 1.73. The van der Waals surface area contributed by atoms with Gasteiger partial charge in [0.15, 0.2) is 9.84 Å². The number of carbonyl (C=O) groups is 2. The van der Waals surface area contributed by atoms with Crippen molar-refractivity contribution < 1.29 is 23.1 Å². The molecule has 132 valence electrons. The number of benzene rings is 1. The Morgan fingerprint density at radius 2 is 1.92 bits per heavy atom. The lowest BCUT2D eigenvalue weighted by molar-refractivity contribution is -0.141. The molecule has 0 saturated carbocycles. The van der Waals surface area contributed by atoms with Gasteiger partial charge < -0.3 is 10.4 Å². The van der Waals surface area contributed by atoms with Crippen molar-refractivity contribution in [1.82, 2.24) is 5.32 Å². The van der Waals surface area contributed by atoms with Crippen molar-refractivity contribution in [2.45, 2.75) is 32.2 Å². The highest BCUT2D eigenvalue weighted by atomic mass is 32.2. The fourth-order valence-corrected chi connectivity index (χ4v) is 3.35. The molecule has 7 heteroatoms. The number of aryl methyl sites for hydroxylation is 1. The molecule has 0 fully saturated rings. The Morgan fingerprint density at radius 1 is 1.25 bits per heavy atom. The Kier molecular flexibility index (Phi) is 8.18. The number of amides is 1. The molecule has 2 N–H and O–H groups in total. The van der Waals surface area contributed by atoms with Crippen LogP contribution in [0.1, 0.15) is 25.3 Å². The molecule has 0 aliphatic carbocycles. The van der Waals surface area contributed by atoms with Gasteiger partial charge in [-0.2, -0.15) is 0 Å². The summed E-state index contributed by atoms with van der Waals surface area (Å²) in [6, 6.07) is 8.36. The Balaban J connectivity index is 2.47. The van der Waals surface area contributed by atoms with E-state index in [0.717, 1.165) is 5.56 Å². The highest BCUT2D eigenvalue weighted by Gasteiger charge is 2.22. The van der Waals surface area contributed by atoms with E-state index in [1.807, 2.05) is 30.3 Å². The summed E-state index contributed by atoms with van der Waals surface area (Å²) in [7, 11) is -3.57. The van der Waals surface area contributed by atoms with Gasteiger partial charge in [-0.1, -0.05) is 42.5 Å². The molecule has 1 aromatic rings. The maximum absolute atomic E-state index is 12.0. The summed E-state index contributed by atoms with van der Waals surface area (Å²) in [5.74, 6) is -2.78. The number of hydrogen-bond donors (Lipinski definition) is 2. The topological polar surface area (TPSA) is 101 Å². The normalized spacial score (nSPS) is 12.9. The molecule has 1 atom stereocenters. The molecule has 0 heterocycles. The minimum Gasteiger partial charge on any atom is -0.480 e. The summed E-state index contributed by atoms with van der Waals surface area (Å²) in [5, 5.41) is 11.3. The smallest absolute Gasteiger partial charge is 0.326 e. The van der Waals surface area contributed by atoms with E-state index in [2.05, 4.69) is 5.32 Å². The van der Waals surface area contributed by atoms with Crippen LogP contribution in [0.3, 0.4) is 0 Å². The quantitative estimate of drug-likeness (QED) is 0.622. The van der Waals surface area contributed by atoms with Crippen LogP contribution in [0.25, 0.3) is 0 Å². The molecule has 1 unspecified atom stereocenters. The Hall–Kier alpha value is -2.15. The third kappa shape index (κ3) is 7.92. The fourth-order valence-electron chi connectivity index (χ4n) is 2.14. The van der Waals surface area contributed by atoms with Crippen molar-refractivity contribution in [2.75, 3.05) is 11.5 Å². The van der Waals surface area contributed by atoms with Gasteiger partial charge in [-0.05, 0) is 31.7 Å². The van der Waals surface area contributed by atoms with E-state index in [0.29, 0.717) is 12.8 Å². The van der Waals surface area contributed by atoms with E-state index in [-0.39, 0.29) is 12.2 Å². The van der Waals surface area contributed by atoms with E-state index in [4.69, 9.17) is 5.11 Å². The van der Waals surface area contributed by atoms with Crippen LogP contribution in [-0.2, 0) is 25.8 Å². The van der Waals surface area contributed by atoms with Gasteiger partial charge in [0, 0.05) is 0 Å². The number of aliphatic carboxylic acids is 1. The van der Waals surface area contributed by atoms with Gasteiger partial charge in [0.2, 0.25) is 5.91 Å². The summed E-state index contributed by atoms with van der Waals surface area (Å²) in [5.41, 5.74) is 1.04. The maximum Gasteiger partial charge on any atom is 0.326 e. The van der Waals surface area contributed by atoms with Crippen LogP contribution in [-0.4, -0.2) is 42.9 Å². The standard InChI is InChI=1S/C17H23NO5S/c1-2-3-11-15(17(20)21)18-16(19)13-24(22,23)12-7-10-14-8-5-4-6-9-14/h2-6,8-9,15H,7,10-13H2,1H3,(H,18,19)(H,20,21)/b3-2+. The van der Waals surface area contributed by atoms with E-state index >= 15 is 0 Å². The van der Waals surface area contributed by atoms with Crippen molar-refractivity contribution in [1.29, 1.82) is 0 Å². The summed E-state index contributed by atoms with van der Waals surface area (Å²) < 4.78 is 23.9. The average Bonchev–Trinajstić information content (AvgIpc) is 2.51. The molecule has 0 spiro atoms. The van der Waals surface area contributed by atoms with Crippen LogP contribution >= 0.6 is 0 Å². The van der Waals surface area contributed by atoms with Crippen molar-refractivity contribution in [3.63, 3.8) is 0 Å². The number of rotatable bonds is 10. The minimum absolute atomic E-state index is 0.109. The molecule has 1 rings (SSSR count). The summed E-state index contributed by atoms with van der Waals surface area (Å²) in [6.07, 6.45) is 4.42. The van der Waals surface area contributed by atoms with Crippen molar-refractivity contribution in [3.05, 3.63) is 48.0 Å². The molecule has 1 aromatic carbocycles. The highest BCUT2D eigenvalue weighted by Crippen LogP contribution is 2.05. The minimum atomic E-state index is -3.57. The fraction of sp³-hybridized carbons (Fsp3) is 0.412. The van der Waals surface area contributed by atoms with Crippen LogP contribution in [0, 0.1) is 0 Å². The lowest BCUT2D eigenvalue weighted by Crippen LogP contribution is -2.43. The zero-order chi connectivity index (χ0) is 18.0. The van der Waals surface area contributed by atoms with Crippen LogP contribution in [0.15, 0.2) is 42.5 Å². The van der Waals surface area contributed by atoms with Gasteiger partial charge in [0.1, 0.15) is 11.8 Å². The van der Waals surface area contributed by atoms with Gasteiger partial charge in [0.05, 0.1) is 5.75 Å². The van der Waals surface area contributed by atoms with E-state index < -0.39 is 33.5 Å². The van der Waals surface area contributed by atoms with Gasteiger partial charge in [-0.15, -0.1) is 0 Å². The van der Waals surface area contributed by atoms with Gasteiger partial charge >= 0.3 is 5.97 Å². The molecule has 6 nitrogen and oxygen atoms in total. The van der Waals surface area contributed by atoms with Crippen LogP contribution in [0.5, 0.6) is 0 Å². The molecular weight excluding hydrogens is 330 g/mol. The first kappa shape index (κ1) is 19.9. The molecule has 0 aliphatic rings. The van der Waals surface area contributed by atoms with Crippen LogP contribution in [0.2, 0.25) is 0 Å². The number of carbonyl (C=O) groups excluding carboxylic acids is 1. The maximum atomic E-state index is 12.0. The molecule has 0 bridgehead atoms. The molecular formula is C17H23NO5S. The number of carboxylic acid groups (broad SMARTS) is 1. The first-order chi connectivity index (χ1) is 11.3. The van der Waals surface area contributed by atoms with E-state index in [1.54, 1.807) is 19.1 Å². The molecule has 0 aliphatic heterocycles. The Bertz CT molecular complexity index is 667. The third-order valence-electron chi connectivity index (χ3n) is 3.36. The van der Waals surface area contributed by atoms with Crippen molar-refractivity contribution in [3.8, 4) is 0 Å². The predicted molar refractivity (Wildman–Crippen MR) is 92.4 cm³/mol. The second-order valence-electron chi connectivity index (χ2n) is 5.44. The zero-order valence-corrected chi connectivity index (χ0v) is 14.5. The predicted octanol–water partition coefficient (Wildman–Crippen LogP) is 1.57. The number of allylic oxidation sites excluding steroid dienone is 1. The first-order valence-electron chi connectivity index (χ1n) is 7.71. The Labute approximate surface area is 142 Å². The monoisotopic (exact) mass is 353 g/mol. The lowest BCUT2D eigenvalue weighted by atomic mass is 10.1. The SMILES string of the molecule is C/C=C/CC(NC(=O)CS(=O)(=O)CCCc1ccccc1)C(=O)O. The van der Waals surface area contributed by atoms with Gasteiger partial charge in [-0.3, -0.25) is 4.79 Å². The van der Waals surface area contributed by atoms with Crippen LogP contribution < -0.4 is 5.32 Å². The number of hydrogen-bond acceptors (Lipinski definition) is 4. The van der Waals surface area contributed by atoms with Crippen LogP contribution in [0.4, 0.5) is 0 Å². The number of sulfone groups is 1. The average molecular weight is 353 g/mol. The van der Waals surface area contributed by atoms with Gasteiger partial charge in [-0.25, -0.2) is 13.2 Å². The molecule has 0 saturated heterocycles.